The molecular formula is C10H10ClN5OS. The highest BCUT2D eigenvalue weighted by atomic mass is 35.5. The summed E-state index contributed by atoms with van der Waals surface area (Å²) in [6.45, 7) is 1.90. The van der Waals surface area contributed by atoms with Gasteiger partial charge in [-0.25, -0.2) is 15.8 Å². The third-order valence-corrected chi connectivity index (χ3v) is 3.18. The maximum atomic E-state index is 12.0. The molecule has 0 spiro atoms. The number of aryl methyl sites for hydroxylation is 1. The van der Waals surface area contributed by atoms with Gasteiger partial charge in [-0.15, -0.1) is 11.3 Å². The highest BCUT2D eigenvalue weighted by molar-refractivity contribution is 7.15. The van der Waals surface area contributed by atoms with Crippen LogP contribution in [0.5, 0.6) is 0 Å². The van der Waals surface area contributed by atoms with Crippen molar-refractivity contribution in [2.75, 3.05) is 10.7 Å². The predicted octanol–water partition coefficient (Wildman–Crippen LogP) is 2.04. The Kier molecular flexibility index (Phi) is 3.75. The van der Waals surface area contributed by atoms with E-state index < -0.39 is 5.91 Å². The monoisotopic (exact) mass is 283 g/mol. The van der Waals surface area contributed by atoms with Gasteiger partial charge in [0.25, 0.3) is 5.91 Å². The lowest BCUT2D eigenvalue weighted by molar-refractivity contribution is 0.102. The highest BCUT2D eigenvalue weighted by Gasteiger charge is 2.14. The van der Waals surface area contributed by atoms with E-state index in [2.05, 4.69) is 20.7 Å². The summed E-state index contributed by atoms with van der Waals surface area (Å²) >= 11 is 7.28. The molecule has 2 aromatic heterocycles. The number of anilines is 2. The molecule has 2 aromatic rings. The largest absolute Gasteiger partial charge is 0.308 e. The molecule has 0 aromatic carbocycles. The van der Waals surface area contributed by atoms with Crippen LogP contribution in [0.15, 0.2) is 18.3 Å². The number of halogens is 1. The fourth-order valence-electron chi connectivity index (χ4n) is 1.25. The minimum absolute atomic E-state index is 0.0972. The first-order valence-electron chi connectivity index (χ1n) is 4.97. The molecule has 0 aliphatic carbocycles. The molecule has 1 amide bonds. The smallest absolute Gasteiger partial charge is 0.277 e. The van der Waals surface area contributed by atoms with Gasteiger partial charge in [-0.2, -0.15) is 0 Å². The average molecular weight is 284 g/mol. The Labute approximate surface area is 112 Å². The number of carbonyl (C=O) groups excluding carboxylic acids is 1. The molecule has 2 heterocycles. The summed E-state index contributed by atoms with van der Waals surface area (Å²) in [6, 6.07) is 3.12. The van der Waals surface area contributed by atoms with E-state index in [1.807, 2.05) is 6.92 Å². The molecule has 2 rings (SSSR count). The molecule has 0 unspecified atom stereocenters. The zero-order valence-electron chi connectivity index (χ0n) is 9.40. The zero-order valence-corrected chi connectivity index (χ0v) is 11.0. The fourth-order valence-corrected chi connectivity index (χ4v) is 2.10. The standard InChI is InChI=1S/C10H10ClN5OS/c1-5-4-13-10(18-5)15-9(17)8-6(11)2-3-7(14-8)16-12/h2-4H,12H2,1H3,(H,14,16)(H,13,15,17). The van der Waals surface area contributed by atoms with Crippen molar-refractivity contribution in [3.05, 3.63) is 33.9 Å². The van der Waals surface area contributed by atoms with E-state index in [-0.39, 0.29) is 10.7 Å². The summed E-state index contributed by atoms with van der Waals surface area (Å²) in [7, 11) is 0. The van der Waals surface area contributed by atoms with Crippen molar-refractivity contribution in [1.82, 2.24) is 9.97 Å². The number of hydrazine groups is 1. The lowest BCUT2D eigenvalue weighted by Crippen LogP contribution is -2.16. The Bertz CT molecular complexity index is 585. The van der Waals surface area contributed by atoms with Gasteiger partial charge in [-0.3, -0.25) is 10.1 Å². The number of rotatable bonds is 3. The van der Waals surface area contributed by atoms with Crippen LogP contribution in [-0.2, 0) is 0 Å². The molecule has 8 heteroatoms. The minimum atomic E-state index is -0.425. The maximum absolute atomic E-state index is 12.0. The second kappa shape index (κ2) is 5.30. The van der Waals surface area contributed by atoms with Crippen LogP contribution >= 0.6 is 22.9 Å². The molecule has 0 atom stereocenters. The molecule has 0 saturated heterocycles. The van der Waals surface area contributed by atoms with Gasteiger partial charge in [0.1, 0.15) is 11.5 Å². The number of nitrogens with one attached hydrogen (secondary N) is 2. The topological polar surface area (TPSA) is 92.9 Å². The Morgan fingerprint density at radius 2 is 2.28 bits per heavy atom. The third kappa shape index (κ3) is 2.76. The summed E-state index contributed by atoms with van der Waals surface area (Å²) in [5.74, 6) is 5.16. The van der Waals surface area contributed by atoms with Crippen LogP contribution in [0, 0.1) is 6.92 Å². The number of nitrogen functional groups attached to an aromatic ring is 1. The summed E-state index contributed by atoms with van der Waals surface area (Å²) in [5.41, 5.74) is 2.45. The molecule has 4 N–H and O–H groups in total. The van der Waals surface area contributed by atoms with Crippen LogP contribution in [0.3, 0.4) is 0 Å². The number of nitrogens with two attached hydrogens (primary N) is 1. The van der Waals surface area contributed by atoms with E-state index in [1.54, 1.807) is 18.3 Å². The Morgan fingerprint density at radius 1 is 1.50 bits per heavy atom. The van der Waals surface area contributed by atoms with Gasteiger partial charge in [0.05, 0.1) is 5.02 Å². The van der Waals surface area contributed by atoms with Crippen LogP contribution in [0.2, 0.25) is 5.02 Å². The Balaban J connectivity index is 2.23. The number of nitrogens with zero attached hydrogens (tertiary/aromatic N) is 2. The predicted molar refractivity (Wildman–Crippen MR) is 71.9 cm³/mol. The first kappa shape index (κ1) is 12.7. The Hall–Kier alpha value is -1.70. The van der Waals surface area contributed by atoms with Crippen LogP contribution in [0.1, 0.15) is 15.4 Å². The molecule has 0 bridgehead atoms. The summed E-state index contributed by atoms with van der Waals surface area (Å²) in [5, 5.41) is 3.38. The van der Waals surface area contributed by atoms with Gasteiger partial charge in [-0.1, -0.05) is 11.6 Å². The SMILES string of the molecule is Cc1cnc(NC(=O)c2nc(NN)ccc2Cl)s1. The van der Waals surface area contributed by atoms with Gasteiger partial charge < -0.3 is 5.43 Å². The zero-order chi connectivity index (χ0) is 13.1. The average Bonchev–Trinajstić information content (AvgIpc) is 2.75. The maximum Gasteiger partial charge on any atom is 0.277 e. The first-order valence-corrected chi connectivity index (χ1v) is 6.16. The van der Waals surface area contributed by atoms with Crippen LogP contribution in [0.25, 0.3) is 0 Å². The molecule has 94 valence electrons. The summed E-state index contributed by atoms with van der Waals surface area (Å²) in [6.07, 6.45) is 1.67. The van der Waals surface area contributed by atoms with E-state index in [9.17, 15) is 4.79 Å². The van der Waals surface area contributed by atoms with Crippen LogP contribution in [-0.4, -0.2) is 15.9 Å². The van der Waals surface area contributed by atoms with Gasteiger partial charge in [0, 0.05) is 11.1 Å². The highest BCUT2D eigenvalue weighted by Crippen LogP contribution is 2.20. The molecule has 0 aliphatic heterocycles. The Morgan fingerprint density at radius 3 is 2.89 bits per heavy atom. The normalized spacial score (nSPS) is 10.2. The summed E-state index contributed by atoms with van der Waals surface area (Å²) in [4.78, 5) is 21.0. The third-order valence-electron chi connectivity index (χ3n) is 2.05. The quantitative estimate of drug-likeness (QED) is 0.592. The van der Waals surface area contributed by atoms with E-state index in [1.165, 1.54) is 11.3 Å². The van der Waals surface area contributed by atoms with Crippen LogP contribution < -0.4 is 16.6 Å². The minimum Gasteiger partial charge on any atom is -0.308 e. The first-order chi connectivity index (χ1) is 8.60. The second-order valence-corrected chi connectivity index (χ2v) is 5.04. The number of carbonyl (C=O) groups is 1. The van der Waals surface area contributed by atoms with Crippen LogP contribution in [0.4, 0.5) is 10.9 Å². The van der Waals surface area contributed by atoms with Crippen molar-refractivity contribution < 1.29 is 4.79 Å². The number of amides is 1. The second-order valence-electron chi connectivity index (χ2n) is 3.40. The van der Waals surface area contributed by atoms with E-state index >= 15 is 0 Å². The number of aromatic nitrogens is 2. The number of hydrogen-bond acceptors (Lipinski definition) is 6. The van der Waals surface area contributed by atoms with E-state index in [0.29, 0.717) is 10.9 Å². The van der Waals surface area contributed by atoms with Crippen molar-refractivity contribution in [2.45, 2.75) is 6.92 Å². The summed E-state index contributed by atoms with van der Waals surface area (Å²) < 4.78 is 0. The van der Waals surface area contributed by atoms with Gasteiger partial charge >= 0.3 is 0 Å². The van der Waals surface area contributed by atoms with Gasteiger partial charge in [0.2, 0.25) is 0 Å². The van der Waals surface area contributed by atoms with Crippen molar-refractivity contribution in [2.24, 2.45) is 5.84 Å². The van der Waals surface area contributed by atoms with Crippen molar-refractivity contribution in [3.63, 3.8) is 0 Å². The lowest BCUT2D eigenvalue weighted by atomic mass is 10.3. The van der Waals surface area contributed by atoms with Crippen molar-refractivity contribution in [1.29, 1.82) is 0 Å². The van der Waals surface area contributed by atoms with Crippen molar-refractivity contribution in [3.8, 4) is 0 Å². The molecule has 6 nitrogen and oxygen atoms in total. The number of hydrogen-bond donors (Lipinski definition) is 3. The van der Waals surface area contributed by atoms with Gasteiger partial charge in [-0.05, 0) is 19.1 Å². The fraction of sp³-hybridized carbons (Fsp3) is 0.100. The molecule has 0 radical (unpaired) electrons. The van der Waals surface area contributed by atoms with Crippen molar-refractivity contribution >= 4 is 39.8 Å². The molecule has 18 heavy (non-hydrogen) atoms. The number of pyridine rings is 1. The lowest BCUT2D eigenvalue weighted by Gasteiger charge is -2.05. The molecule has 0 fully saturated rings. The molecule has 0 aliphatic rings. The van der Waals surface area contributed by atoms with E-state index in [4.69, 9.17) is 17.4 Å². The number of thiazole rings is 1. The molecular weight excluding hydrogens is 274 g/mol. The van der Waals surface area contributed by atoms with Gasteiger partial charge in [0.15, 0.2) is 5.13 Å². The molecule has 0 saturated carbocycles. The van der Waals surface area contributed by atoms with E-state index in [0.717, 1.165) is 4.88 Å².